The van der Waals surface area contributed by atoms with Crippen LogP contribution in [-0.4, -0.2) is 75.5 Å². The number of nitrogens with one attached hydrogen (secondary N) is 5. The van der Waals surface area contributed by atoms with Crippen molar-refractivity contribution in [1.82, 2.24) is 16.0 Å². The number of carbonyl (C=O) groups is 6. The summed E-state index contributed by atoms with van der Waals surface area (Å²) >= 11 is 1.15. The Balaban J connectivity index is 1.90. The van der Waals surface area contributed by atoms with Gasteiger partial charge >= 0.3 is 18.0 Å². The molecule has 0 heterocycles. The highest BCUT2D eigenvalue weighted by Gasteiger charge is 2.28. The number of carbonyl (C=O) groups excluding carboxylic acids is 4. The zero-order chi connectivity index (χ0) is 35.9. The first-order valence-corrected chi connectivity index (χ1v) is 16.8. The van der Waals surface area contributed by atoms with Gasteiger partial charge in [0, 0.05) is 23.5 Å². The van der Waals surface area contributed by atoms with Gasteiger partial charge in [0.1, 0.15) is 18.1 Å². The topological polar surface area (TPSA) is 203 Å². The van der Waals surface area contributed by atoms with Crippen molar-refractivity contribution in [3.05, 3.63) is 60.2 Å². The van der Waals surface area contributed by atoms with E-state index >= 15 is 0 Å². The van der Waals surface area contributed by atoms with Crippen LogP contribution in [0.4, 0.5) is 16.2 Å². The Labute approximate surface area is 285 Å². The lowest BCUT2D eigenvalue weighted by Gasteiger charge is -2.23. The summed E-state index contributed by atoms with van der Waals surface area (Å²) in [5.74, 6) is -3.69. The van der Waals surface area contributed by atoms with E-state index in [9.17, 15) is 39.0 Å². The van der Waals surface area contributed by atoms with Crippen molar-refractivity contribution >= 4 is 58.8 Å². The molecule has 48 heavy (non-hydrogen) atoms. The van der Waals surface area contributed by atoms with E-state index in [0.717, 1.165) is 11.8 Å². The Bertz CT molecular complexity index is 1400. The Kier molecular flexibility index (Phi) is 15.9. The van der Waals surface area contributed by atoms with E-state index < -0.39 is 47.9 Å². The maximum absolute atomic E-state index is 13.2. The summed E-state index contributed by atoms with van der Waals surface area (Å²) in [7, 11) is 0. The van der Waals surface area contributed by atoms with Gasteiger partial charge in [0.2, 0.25) is 17.7 Å². The largest absolute Gasteiger partial charge is 0.480 e. The van der Waals surface area contributed by atoms with Gasteiger partial charge in [-0.3, -0.25) is 14.4 Å². The third kappa shape index (κ3) is 15.8. The molecule has 3 atom stereocenters. The summed E-state index contributed by atoms with van der Waals surface area (Å²) in [5, 5.41) is 32.4. The molecular weight excluding hydrogens is 638 g/mol. The molecule has 0 aliphatic heterocycles. The quantitative estimate of drug-likeness (QED) is 0.113. The van der Waals surface area contributed by atoms with Gasteiger partial charge in [-0.05, 0) is 59.8 Å². The first kappa shape index (κ1) is 39.6. The Morgan fingerprint density at radius 1 is 0.729 bits per heavy atom. The summed E-state index contributed by atoms with van der Waals surface area (Å²) in [6.07, 6.45) is 0.378. The number of carboxylic acids is 2. The number of hydrogen-bond donors (Lipinski definition) is 7. The van der Waals surface area contributed by atoms with Crippen molar-refractivity contribution in [2.45, 2.75) is 78.4 Å². The van der Waals surface area contributed by atoms with Crippen molar-refractivity contribution in [2.24, 2.45) is 11.3 Å². The molecule has 0 saturated carbocycles. The molecule has 14 heteroatoms. The average Bonchev–Trinajstić information content (AvgIpc) is 2.97. The lowest BCUT2D eigenvalue weighted by molar-refractivity contribution is -0.142. The van der Waals surface area contributed by atoms with Crippen LogP contribution in [-0.2, 0) is 30.4 Å². The van der Waals surface area contributed by atoms with Crippen molar-refractivity contribution in [3.63, 3.8) is 0 Å². The molecule has 0 radical (unpaired) electrons. The third-order valence-corrected chi connectivity index (χ3v) is 7.83. The molecule has 2 rings (SSSR count). The van der Waals surface area contributed by atoms with Gasteiger partial charge in [-0.15, -0.1) is 0 Å². The smallest absolute Gasteiger partial charge is 0.327 e. The van der Waals surface area contributed by atoms with Crippen LogP contribution in [0.5, 0.6) is 0 Å². The second-order valence-electron chi connectivity index (χ2n) is 13.0. The van der Waals surface area contributed by atoms with Gasteiger partial charge in [0.05, 0.1) is 6.42 Å². The van der Waals surface area contributed by atoms with Crippen molar-refractivity contribution in [2.75, 3.05) is 22.1 Å². The van der Waals surface area contributed by atoms with Gasteiger partial charge in [0.15, 0.2) is 0 Å². The fraction of sp³-hybridized carbons (Fsp3) is 0.471. The first-order chi connectivity index (χ1) is 22.5. The van der Waals surface area contributed by atoms with E-state index in [2.05, 4.69) is 26.6 Å². The molecule has 262 valence electrons. The van der Waals surface area contributed by atoms with Crippen molar-refractivity contribution in [1.29, 1.82) is 0 Å². The van der Waals surface area contributed by atoms with Crippen LogP contribution in [0.1, 0.15) is 59.4 Å². The number of carboxylic acid groups (broad SMARTS) is 2. The number of rotatable bonds is 18. The zero-order valence-corrected chi connectivity index (χ0v) is 28.8. The predicted octanol–water partition coefficient (Wildman–Crippen LogP) is 4.10. The molecule has 0 bridgehead atoms. The molecule has 0 unspecified atom stereocenters. The molecule has 0 spiro atoms. The van der Waals surface area contributed by atoms with E-state index in [1.165, 1.54) is 0 Å². The molecule has 5 amide bonds. The third-order valence-electron chi connectivity index (χ3n) is 6.74. The highest BCUT2D eigenvalue weighted by molar-refractivity contribution is 7.99. The number of amides is 5. The standard InChI is InChI=1S/C34H47N5O8S/c1-21(2)17-26(37-28(40)18-22-11-13-24(14-12-22)36-33(47)35-23-9-7-6-8-10-23)30(42)39-25(31(43)44)15-16-48-20-27(32(45)46)38-29(41)19-34(3,4)5/h6-14,21,25-27H,15-20H2,1-5H3,(H,37,40)(H,38,41)(H,39,42)(H,43,44)(H,45,46)(H2,35,36,47)/t25-,26+,27-/m1/s1. The fourth-order valence-corrected chi connectivity index (χ4v) is 5.52. The van der Waals surface area contributed by atoms with Gasteiger partial charge in [-0.25, -0.2) is 14.4 Å². The fourth-order valence-electron chi connectivity index (χ4n) is 4.49. The molecule has 0 aliphatic rings. The van der Waals surface area contributed by atoms with Crippen LogP contribution in [0, 0.1) is 11.3 Å². The number of anilines is 2. The second-order valence-corrected chi connectivity index (χ2v) is 14.2. The Hall–Kier alpha value is -4.59. The molecule has 2 aromatic rings. The molecule has 13 nitrogen and oxygen atoms in total. The maximum Gasteiger partial charge on any atom is 0.327 e. The number of urea groups is 1. The lowest BCUT2D eigenvalue weighted by atomic mass is 9.92. The van der Waals surface area contributed by atoms with E-state index in [1.54, 1.807) is 48.5 Å². The van der Waals surface area contributed by atoms with E-state index in [0.29, 0.717) is 16.9 Å². The highest BCUT2D eigenvalue weighted by atomic mass is 32.2. The molecule has 0 fully saturated rings. The Morgan fingerprint density at radius 3 is 1.83 bits per heavy atom. The van der Waals surface area contributed by atoms with Gasteiger partial charge in [-0.2, -0.15) is 11.8 Å². The van der Waals surface area contributed by atoms with Crippen LogP contribution in [0.15, 0.2) is 54.6 Å². The summed E-state index contributed by atoms with van der Waals surface area (Å²) in [4.78, 5) is 74.1. The summed E-state index contributed by atoms with van der Waals surface area (Å²) in [6.45, 7) is 9.34. The van der Waals surface area contributed by atoms with Crippen LogP contribution < -0.4 is 26.6 Å². The zero-order valence-electron chi connectivity index (χ0n) is 28.0. The minimum atomic E-state index is -1.27. The van der Waals surface area contributed by atoms with Crippen LogP contribution in [0.25, 0.3) is 0 Å². The SMILES string of the molecule is CC(C)C[C@H](NC(=O)Cc1ccc(NC(=O)Nc2ccccc2)cc1)C(=O)N[C@H](CCSC[C@@H](NC(=O)CC(C)(C)C)C(=O)O)C(=O)O. The van der Waals surface area contributed by atoms with Crippen LogP contribution in [0.3, 0.4) is 0 Å². The second kappa shape index (κ2) is 19.3. The summed E-state index contributed by atoms with van der Waals surface area (Å²) < 4.78 is 0. The van der Waals surface area contributed by atoms with Crippen molar-refractivity contribution < 1.29 is 39.0 Å². The number of aliphatic carboxylic acids is 2. The minimum absolute atomic E-state index is 0.000116. The Morgan fingerprint density at radius 2 is 1.29 bits per heavy atom. The monoisotopic (exact) mass is 685 g/mol. The van der Waals surface area contributed by atoms with Crippen molar-refractivity contribution in [3.8, 4) is 0 Å². The van der Waals surface area contributed by atoms with Gasteiger partial charge < -0.3 is 36.8 Å². The number of thioether (sulfide) groups is 1. The minimum Gasteiger partial charge on any atom is -0.480 e. The van der Waals surface area contributed by atoms with Crippen LogP contribution in [0.2, 0.25) is 0 Å². The highest BCUT2D eigenvalue weighted by Crippen LogP contribution is 2.18. The number of hydrogen-bond acceptors (Lipinski definition) is 7. The maximum atomic E-state index is 13.2. The lowest BCUT2D eigenvalue weighted by Crippen LogP contribution is -2.52. The van der Waals surface area contributed by atoms with E-state index in [-0.39, 0.29) is 54.4 Å². The molecule has 0 aromatic heterocycles. The normalized spacial score (nSPS) is 13.0. The summed E-state index contributed by atoms with van der Waals surface area (Å²) in [6, 6.07) is 11.8. The molecule has 0 aliphatic carbocycles. The first-order valence-electron chi connectivity index (χ1n) is 15.7. The average molecular weight is 686 g/mol. The molecular formula is C34H47N5O8S. The summed E-state index contributed by atoms with van der Waals surface area (Å²) in [5.41, 5.74) is 1.48. The number of benzene rings is 2. The predicted molar refractivity (Wildman–Crippen MR) is 186 cm³/mol. The van der Waals surface area contributed by atoms with E-state index in [1.807, 2.05) is 40.7 Å². The molecule has 7 N–H and O–H groups in total. The van der Waals surface area contributed by atoms with Crippen LogP contribution >= 0.6 is 11.8 Å². The van der Waals surface area contributed by atoms with Gasteiger partial charge in [-0.1, -0.05) is 65.0 Å². The van der Waals surface area contributed by atoms with E-state index in [4.69, 9.17) is 0 Å². The molecule has 2 aromatic carbocycles. The van der Waals surface area contributed by atoms with Gasteiger partial charge in [0.25, 0.3) is 0 Å². The molecule has 0 saturated heterocycles. The number of para-hydroxylation sites is 1.